The Kier molecular flexibility index (Phi) is 3.18. The van der Waals surface area contributed by atoms with Gasteiger partial charge in [-0.05, 0) is 57.2 Å². The van der Waals surface area contributed by atoms with Crippen molar-refractivity contribution in [3.8, 4) is 0 Å². The summed E-state index contributed by atoms with van der Waals surface area (Å²) in [6, 6.07) is 0. The molecule has 4 aliphatic heterocycles. The van der Waals surface area contributed by atoms with Gasteiger partial charge in [-0.3, -0.25) is 4.90 Å². The monoisotopic (exact) mass is 237 g/mol. The number of rotatable bonds is 2. The molecule has 0 aliphatic carbocycles. The molecule has 98 valence electrons. The predicted octanol–water partition coefficient (Wildman–Crippen LogP) is 1.14. The Labute approximate surface area is 105 Å². The lowest BCUT2D eigenvalue weighted by Crippen LogP contribution is -2.71. The first kappa shape index (κ1) is 11.9. The number of hydrogen-bond acceptors (Lipinski definition) is 3. The molecule has 0 spiro atoms. The second kappa shape index (κ2) is 4.52. The molecule has 0 saturated carbocycles. The number of nitrogens with two attached hydrogens (primary N) is 1. The zero-order chi connectivity index (χ0) is 11.9. The lowest BCUT2D eigenvalue weighted by molar-refractivity contribution is -0.0804. The Morgan fingerprint density at radius 1 is 1.18 bits per heavy atom. The summed E-state index contributed by atoms with van der Waals surface area (Å²) in [7, 11) is 0. The molecule has 2 unspecified atom stereocenters. The largest absolute Gasteiger partial charge is 0.329 e. The number of fused-ring (bicyclic) bond motifs is 3. The normalized spacial score (nSPS) is 47.3. The molecule has 4 heterocycles. The van der Waals surface area contributed by atoms with Crippen molar-refractivity contribution in [1.82, 2.24) is 9.80 Å². The number of nitrogens with zero attached hydrogens (tertiary/aromatic N) is 2. The van der Waals surface area contributed by atoms with Gasteiger partial charge < -0.3 is 10.6 Å². The summed E-state index contributed by atoms with van der Waals surface area (Å²) in [5.41, 5.74) is 6.56. The van der Waals surface area contributed by atoms with Crippen molar-refractivity contribution in [2.45, 2.75) is 38.1 Å². The van der Waals surface area contributed by atoms with Crippen molar-refractivity contribution in [3.63, 3.8) is 0 Å². The summed E-state index contributed by atoms with van der Waals surface area (Å²) >= 11 is 0. The molecule has 0 aromatic rings. The summed E-state index contributed by atoms with van der Waals surface area (Å²) in [4.78, 5) is 5.41. The smallest absolute Gasteiger partial charge is 0.0487 e. The summed E-state index contributed by atoms with van der Waals surface area (Å²) in [5.74, 6) is 1.73. The van der Waals surface area contributed by atoms with Crippen LogP contribution in [-0.4, -0.2) is 54.6 Å². The molecular formula is C14H27N3. The summed E-state index contributed by atoms with van der Waals surface area (Å²) in [5, 5.41) is 0. The highest BCUT2D eigenvalue weighted by atomic mass is 15.3. The van der Waals surface area contributed by atoms with Crippen LogP contribution in [0.3, 0.4) is 0 Å². The van der Waals surface area contributed by atoms with Crippen LogP contribution < -0.4 is 5.73 Å². The van der Waals surface area contributed by atoms with Gasteiger partial charge in [-0.15, -0.1) is 0 Å². The zero-order valence-corrected chi connectivity index (χ0v) is 11.2. The highest BCUT2D eigenvalue weighted by Gasteiger charge is 2.49. The van der Waals surface area contributed by atoms with Crippen molar-refractivity contribution in [3.05, 3.63) is 0 Å². The van der Waals surface area contributed by atoms with E-state index in [0.717, 1.165) is 18.4 Å². The van der Waals surface area contributed by atoms with Crippen LogP contribution in [0.15, 0.2) is 0 Å². The second-order valence-electron chi connectivity index (χ2n) is 6.55. The molecular weight excluding hydrogens is 210 g/mol. The first-order valence-corrected chi connectivity index (χ1v) is 7.42. The Balaban J connectivity index is 1.81. The van der Waals surface area contributed by atoms with Crippen molar-refractivity contribution in [2.24, 2.45) is 17.6 Å². The third-order valence-corrected chi connectivity index (χ3v) is 5.49. The molecule has 17 heavy (non-hydrogen) atoms. The first-order chi connectivity index (χ1) is 8.24. The Hall–Kier alpha value is -0.120. The number of hydrogen-bond donors (Lipinski definition) is 1. The third-order valence-electron chi connectivity index (χ3n) is 5.49. The lowest BCUT2D eigenvalue weighted by Gasteiger charge is -2.59. The van der Waals surface area contributed by atoms with E-state index in [9.17, 15) is 0 Å². The van der Waals surface area contributed by atoms with Gasteiger partial charge in [0.25, 0.3) is 0 Å². The van der Waals surface area contributed by atoms with Gasteiger partial charge in [-0.2, -0.15) is 0 Å². The van der Waals surface area contributed by atoms with Crippen molar-refractivity contribution < 1.29 is 0 Å². The SMILES string of the molecule is CC1CCCN(C2(CN)CN3CCC2CC3)C1. The average molecular weight is 237 g/mol. The standard InChI is InChI=1S/C14H27N3/c1-12-3-2-6-17(9-12)14(10-15)11-16-7-4-13(14)5-8-16/h12-13H,2-11,15H2,1H3. The van der Waals surface area contributed by atoms with E-state index in [1.807, 2.05) is 0 Å². The highest BCUT2D eigenvalue weighted by molar-refractivity contribution is 5.06. The minimum absolute atomic E-state index is 0.325. The third kappa shape index (κ3) is 1.92. The topological polar surface area (TPSA) is 32.5 Å². The van der Waals surface area contributed by atoms with E-state index in [2.05, 4.69) is 16.7 Å². The minimum atomic E-state index is 0.325. The van der Waals surface area contributed by atoms with Gasteiger partial charge >= 0.3 is 0 Å². The van der Waals surface area contributed by atoms with Crippen LogP contribution in [0.4, 0.5) is 0 Å². The van der Waals surface area contributed by atoms with Crippen LogP contribution in [0.1, 0.15) is 32.6 Å². The molecule has 0 amide bonds. The van der Waals surface area contributed by atoms with Crippen molar-refractivity contribution >= 4 is 0 Å². The maximum Gasteiger partial charge on any atom is 0.0487 e. The molecule has 0 radical (unpaired) electrons. The van der Waals surface area contributed by atoms with E-state index in [-0.39, 0.29) is 0 Å². The summed E-state index contributed by atoms with van der Waals surface area (Å²) < 4.78 is 0. The Morgan fingerprint density at radius 2 is 1.94 bits per heavy atom. The molecule has 4 aliphatic rings. The maximum absolute atomic E-state index is 6.23. The highest BCUT2D eigenvalue weighted by Crippen LogP contribution is 2.40. The van der Waals surface area contributed by atoms with Crippen molar-refractivity contribution in [1.29, 1.82) is 0 Å². The molecule has 4 saturated heterocycles. The van der Waals surface area contributed by atoms with E-state index in [1.54, 1.807) is 0 Å². The predicted molar refractivity (Wildman–Crippen MR) is 70.9 cm³/mol. The van der Waals surface area contributed by atoms with Crippen molar-refractivity contribution in [2.75, 3.05) is 39.3 Å². The van der Waals surface area contributed by atoms with Crippen LogP contribution in [0.2, 0.25) is 0 Å². The van der Waals surface area contributed by atoms with Crippen LogP contribution >= 0.6 is 0 Å². The van der Waals surface area contributed by atoms with E-state index < -0.39 is 0 Å². The lowest BCUT2D eigenvalue weighted by atomic mass is 9.70. The molecule has 2 N–H and O–H groups in total. The molecule has 0 aromatic carbocycles. The maximum atomic E-state index is 6.23. The van der Waals surface area contributed by atoms with E-state index in [1.165, 1.54) is 58.4 Å². The number of likely N-dealkylation sites (tertiary alicyclic amines) is 1. The quantitative estimate of drug-likeness (QED) is 0.782. The van der Waals surface area contributed by atoms with Crippen LogP contribution in [0, 0.1) is 11.8 Å². The van der Waals surface area contributed by atoms with Gasteiger partial charge in [-0.1, -0.05) is 6.92 Å². The molecule has 3 nitrogen and oxygen atoms in total. The van der Waals surface area contributed by atoms with E-state index in [0.29, 0.717) is 5.54 Å². The molecule has 4 rings (SSSR count). The summed E-state index contributed by atoms with van der Waals surface area (Å²) in [6.45, 7) is 9.69. The fraction of sp³-hybridized carbons (Fsp3) is 1.00. The Morgan fingerprint density at radius 3 is 2.47 bits per heavy atom. The second-order valence-corrected chi connectivity index (χ2v) is 6.55. The zero-order valence-electron chi connectivity index (χ0n) is 11.2. The average Bonchev–Trinajstić information content (AvgIpc) is 2.39. The molecule has 0 aromatic heterocycles. The molecule has 3 heteroatoms. The van der Waals surface area contributed by atoms with Gasteiger partial charge in [0.15, 0.2) is 0 Å². The fourth-order valence-corrected chi connectivity index (χ4v) is 4.46. The molecule has 2 bridgehead atoms. The van der Waals surface area contributed by atoms with E-state index in [4.69, 9.17) is 5.73 Å². The molecule has 2 atom stereocenters. The van der Waals surface area contributed by atoms with Gasteiger partial charge in [-0.25, -0.2) is 0 Å². The van der Waals surface area contributed by atoms with Gasteiger partial charge in [0.1, 0.15) is 0 Å². The number of piperidine rings is 4. The first-order valence-electron chi connectivity index (χ1n) is 7.42. The van der Waals surface area contributed by atoms with Gasteiger partial charge in [0.05, 0.1) is 0 Å². The van der Waals surface area contributed by atoms with Gasteiger partial charge in [0.2, 0.25) is 0 Å². The summed E-state index contributed by atoms with van der Waals surface area (Å²) in [6.07, 6.45) is 5.53. The Bertz CT molecular complexity index is 273. The molecule has 4 fully saturated rings. The minimum Gasteiger partial charge on any atom is -0.329 e. The van der Waals surface area contributed by atoms with Crippen LogP contribution in [0.25, 0.3) is 0 Å². The van der Waals surface area contributed by atoms with Crippen LogP contribution in [-0.2, 0) is 0 Å². The fourth-order valence-electron chi connectivity index (χ4n) is 4.46. The van der Waals surface area contributed by atoms with Gasteiger partial charge in [0, 0.05) is 25.2 Å². The van der Waals surface area contributed by atoms with Crippen LogP contribution in [0.5, 0.6) is 0 Å². The van der Waals surface area contributed by atoms with E-state index >= 15 is 0 Å².